The topological polar surface area (TPSA) is 123 Å². The molecule has 3 rings (SSSR count). The highest BCUT2D eigenvalue weighted by atomic mass is 19.4. The summed E-state index contributed by atoms with van der Waals surface area (Å²) in [4.78, 5) is 38.4. The fraction of sp³-hybridized carbons (Fsp3) is 0.476. The van der Waals surface area contributed by atoms with Crippen LogP contribution < -0.4 is 21.3 Å². The summed E-state index contributed by atoms with van der Waals surface area (Å²) in [6.45, 7) is 2.88. The molecule has 1 amide bonds. The molecule has 1 aromatic heterocycles. The summed E-state index contributed by atoms with van der Waals surface area (Å²) in [6.07, 6.45) is -6.85. The Morgan fingerprint density at radius 1 is 1.36 bits per heavy atom. The highest BCUT2D eigenvalue weighted by molar-refractivity contribution is 5.80. The molecule has 0 saturated carbocycles. The van der Waals surface area contributed by atoms with E-state index in [-0.39, 0.29) is 13.0 Å². The minimum Gasteiger partial charge on any atom is -0.480 e. The maximum Gasteiger partial charge on any atom is 0.419 e. The second-order valence-electron chi connectivity index (χ2n) is 7.61. The number of alkyl halides is 3. The predicted octanol–water partition coefficient (Wildman–Crippen LogP) is 1.35. The average Bonchev–Trinajstić information content (AvgIpc) is 3.11. The van der Waals surface area contributed by atoms with Crippen molar-refractivity contribution >= 4 is 5.91 Å². The highest BCUT2D eigenvalue weighted by Gasteiger charge is 2.37. The molecule has 3 N–H and O–H groups in total. The lowest BCUT2D eigenvalue weighted by Gasteiger charge is -2.20. The Labute approximate surface area is 186 Å². The van der Waals surface area contributed by atoms with Gasteiger partial charge < -0.3 is 19.9 Å². The number of nitrogens with zero attached hydrogens (tertiary/aromatic N) is 1. The van der Waals surface area contributed by atoms with E-state index in [1.54, 1.807) is 6.92 Å². The first-order chi connectivity index (χ1) is 15.5. The second-order valence-corrected chi connectivity index (χ2v) is 7.61. The van der Waals surface area contributed by atoms with Crippen LogP contribution in [0.2, 0.25) is 0 Å². The largest absolute Gasteiger partial charge is 0.480 e. The van der Waals surface area contributed by atoms with Crippen LogP contribution in [0.4, 0.5) is 13.2 Å². The lowest BCUT2D eigenvalue weighted by molar-refractivity contribution is -0.140. The number of aromatic amines is 1. The van der Waals surface area contributed by atoms with Crippen molar-refractivity contribution in [3.05, 3.63) is 62.4 Å². The number of aryl methyl sites for hydroxylation is 1. The van der Waals surface area contributed by atoms with Crippen LogP contribution in [0.1, 0.15) is 37.6 Å². The maximum absolute atomic E-state index is 13.1. The van der Waals surface area contributed by atoms with E-state index in [0.29, 0.717) is 12.0 Å². The summed E-state index contributed by atoms with van der Waals surface area (Å²) in [5.74, 6) is -1.19. The second kappa shape index (κ2) is 9.79. The predicted molar refractivity (Wildman–Crippen MR) is 110 cm³/mol. The van der Waals surface area contributed by atoms with Gasteiger partial charge in [-0.25, -0.2) is 4.79 Å². The molecule has 0 radical (unpaired) electrons. The molecule has 33 heavy (non-hydrogen) atoms. The molecule has 2 heterocycles. The van der Waals surface area contributed by atoms with Gasteiger partial charge in [-0.05, 0) is 25.5 Å². The molecule has 9 nitrogen and oxygen atoms in total. The summed E-state index contributed by atoms with van der Waals surface area (Å²) in [7, 11) is 0. The Hall–Kier alpha value is -3.12. The Morgan fingerprint density at radius 2 is 2.06 bits per heavy atom. The SMILES string of the molecule is CCc1cn([C@H]2C[C@H](O)[C@@H](CNC(=O)C(C)Oc3ccccc3C(F)(F)F)O2)c(=O)[nH]c1=O. The Bertz CT molecular complexity index is 1110. The van der Waals surface area contributed by atoms with E-state index in [4.69, 9.17) is 9.47 Å². The fourth-order valence-electron chi connectivity index (χ4n) is 3.45. The Balaban J connectivity index is 1.61. The van der Waals surface area contributed by atoms with Crippen LogP contribution in [0, 0.1) is 0 Å². The zero-order chi connectivity index (χ0) is 24.3. The number of aromatic nitrogens is 2. The van der Waals surface area contributed by atoms with Crippen LogP contribution in [0.15, 0.2) is 40.1 Å². The fourth-order valence-corrected chi connectivity index (χ4v) is 3.45. The molecular weight excluding hydrogens is 447 g/mol. The molecule has 1 unspecified atom stereocenters. The third kappa shape index (κ3) is 5.63. The van der Waals surface area contributed by atoms with Gasteiger partial charge >= 0.3 is 11.9 Å². The van der Waals surface area contributed by atoms with Crippen LogP contribution in [0.5, 0.6) is 5.75 Å². The van der Waals surface area contributed by atoms with Crippen LogP contribution in [-0.4, -0.2) is 45.4 Å². The molecule has 180 valence electrons. The number of H-pyrrole nitrogens is 1. The third-order valence-electron chi connectivity index (χ3n) is 5.28. The van der Waals surface area contributed by atoms with E-state index in [0.717, 1.165) is 12.1 Å². The van der Waals surface area contributed by atoms with Gasteiger partial charge in [-0.2, -0.15) is 13.2 Å². The van der Waals surface area contributed by atoms with Crippen molar-refractivity contribution in [1.29, 1.82) is 0 Å². The quantitative estimate of drug-likeness (QED) is 0.560. The summed E-state index contributed by atoms with van der Waals surface area (Å²) < 4.78 is 51.4. The Morgan fingerprint density at radius 3 is 2.73 bits per heavy atom. The van der Waals surface area contributed by atoms with Gasteiger partial charge in [-0.1, -0.05) is 19.1 Å². The number of aliphatic hydroxyl groups excluding tert-OH is 1. The number of para-hydroxylation sites is 1. The van der Waals surface area contributed by atoms with Gasteiger partial charge in [0.2, 0.25) is 0 Å². The zero-order valence-corrected chi connectivity index (χ0v) is 17.9. The molecule has 12 heteroatoms. The van der Waals surface area contributed by atoms with Crippen molar-refractivity contribution in [3.63, 3.8) is 0 Å². The molecule has 1 aliphatic heterocycles. The van der Waals surface area contributed by atoms with Crippen LogP contribution in [0.25, 0.3) is 0 Å². The van der Waals surface area contributed by atoms with E-state index >= 15 is 0 Å². The number of amides is 1. The molecule has 0 aliphatic carbocycles. The van der Waals surface area contributed by atoms with Gasteiger partial charge in [0.15, 0.2) is 6.10 Å². The number of carbonyl (C=O) groups excluding carboxylic acids is 1. The van der Waals surface area contributed by atoms with Gasteiger partial charge in [0, 0.05) is 24.7 Å². The number of hydrogen-bond donors (Lipinski definition) is 3. The van der Waals surface area contributed by atoms with E-state index in [2.05, 4.69) is 10.3 Å². The molecular formula is C21H24F3N3O6. The van der Waals surface area contributed by atoms with E-state index < -0.39 is 59.2 Å². The molecule has 0 bridgehead atoms. The summed E-state index contributed by atoms with van der Waals surface area (Å²) in [5, 5.41) is 12.8. The van der Waals surface area contributed by atoms with Crippen molar-refractivity contribution in [2.45, 2.75) is 57.4 Å². The van der Waals surface area contributed by atoms with Crippen molar-refractivity contribution < 1.29 is 32.5 Å². The van der Waals surface area contributed by atoms with E-state index in [9.17, 15) is 32.7 Å². The van der Waals surface area contributed by atoms with Crippen molar-refractivity contribution in [1.82, 2.24) is 14.9 Å². The van der Waals surface area contributed by atoms with Crippen LogP contribution in [-0.2, 0) is 22.1 Å². The third-order valence-corrected chi connectivity index (χ3v) is 5.28. The number of benzene rings is 1. The minimum atomic E-state index is -4.64. The maximum atomic E-state index is 13.1. The lowest BCUT2D eigenvalue weighted by Crippen LogP contribution is -2.43. The first-order valence-corrected chi connectivity index (χ1v) is 10.3. The first-order valence-electron chi connectivity index (χ1n) is 10.3. The molecule has 1 fully saturated rings. The number of halogens is 3. The molecule has 1 saturated heterocycles. The monoisotopic (exact) mass is 471 g/mol. The van der Waals surface area contributed by atoms with Crippen LogP contribution >= 0.6 is 0 Å². The van der Waals surface area contributed by atoms with E-state index in [1.807, 2.05) is 0 Å². The first kappa shape index (κ1) is 24.5. The van der Waals surface area contributed by atoms with Gasteiger partial charge in [0.05, 0.1) is 11.7 Å². The Kier molecular flexibility index (Phi) is 7.28. The van der Waals surface area contributed by atoms with Crippen molar-refractivity contribution in [2.24, 2.45) is 0 Å². The van der Waals surface area contributed by atoms with Gasteiger partial charge in [-0.3, -0.25) is 19.1 Å². The molecule has 0 spiro atoms. The van der Waals surface area contributed by atoms with Gasteiger partial charge in [0.25, 0.3) is 11.5 Å². The van der Waals surface area contributed by atoms with Crippen LogP contribution in [0.3, 0.4) is 0 Å². The number of rotatable bonds is 7. The van der Waals surface area contributed by atoms with Gasteiger partial charge in [-0.15, -0.1) is 0 Å². The molecule has 2 aromatic rings. The smallest absolute Gasteiger partial charge is 0.419 e. The average molecular weight is 471 g/mol. The summed E-state index contributed by atoms with van der Waals surface area (Å²) >= 11 is 0. The highest BCUT2D eigenvalue weighted by Crippen LogP contribution is 2.36. The normalized spacial score (nSPS) is 21.6. The molecule has 1 aromatic carbocycles. The van der Waals surface area contributed by atoms with Crippen molar-refractivity contribution in [3.8, 4) is 5.75 Å². The number of hydrogen-bond acceptors (Lipinski definition) is 6. The van der Waals surface area contributed by atoms with E-state index in [1.165, 1.54) is 29.8 Å². The number of ether oxygens (including phenoxy) is 2. The summed E-state index contributed by atoms with van der Waals surface area (Å²) in [5.41, 5.74) is -1.82. The minimum absolute atomic E-state index is 0.0423. The molecule has 1 aliphatic rings. The molecule has 4 atom stereocenters. The van der Waals surface area contributed by atoms with Crippen molar-refractivity contribution in [2.75, 3.05) is 6.54 Å². The lowest BCUT2D eigenvalue weighted by atomic mass is 10.1. The summed E-state index contributed by atoms with van der Waals surface area (Å²) in [6, 6.07) is 4.55. The number of aliphatic hydroxyl groups is 1. The zero-order valence-electron chi connectivity index (χ0n) is 17.9. The van der Waals surface area contributed by atoms with Gasteiger partial charge in [0.1, 0.15) is 18.1 Å². The number of nitrogens with one attached hydrogen (secondary N) is 2. The standard InChI is InChI=1S/C21H24F3N3O6/c1-3-12-10-27(20(31)26-19(12)30)17-8-14(28)16(33-17)9-25-18(29)11(2)32-15-7-5-4-6-13(15)21(22,23)24/h4-7,10-11,14,16-17,28H,3,8-9H2,1-2H3,(H,25,29)(H,26,30,31)/t11?,14-,16+,17+/m0/s1. The number of carbonyl (C=O) groups is 1.